The molecule has 2 N–H and O–H groups in total. The molecule has 0 fully saturated rings. The molecule has 5 nitrogen and oxygen atoms in total. The van der Waals surface area contributed by atoms with E-state index in [1.807, 2.05) is 20.8 Å². The number of aliphatic hydroxyl groups is 1. The van der Waals surface area contributed by atoms with Gasteiger partial charge in [0.1, 0.15) is 0 Å². The Balaban J connectivity index is 2.57. The molecule has 114 valence electrons. The molecule has 2 unspecified atom stereocenters. The summed E-state index contributed by atoms with van der Waals surface area (Å²) in [4.78, 5) is 12.0. The quantitative estimate of drug-likeness (QED) is 0.806. The predicted molar refractivity (Wildman–Crippen MR) is 77.6 cm³/mol. The van der Waals surface area contributed by atoms with Gasteiger partial charge in [0, 0.05) is 18.5 Å². The fourth-order valence-electron chi connectivity index (χ4n) is 2.12. The van der Waals surface area contributed by atoms with Crippen LogP contribution in [0.1, 0.15) is 69.6 Å². The van der Waals surface area contributed by atoms with Crippen molar-refractivity contribution < 1.29 is 14.4 Å². The average molecular weight is 282 g/mol. The number of hydrogen-bond donors (Lipinski definition) is 2. The first-order chi connectivity index (χ1) is 9.25. The Morgan fingerprint density at radius 1 is 1.50 bits per heavy atom. The van der Waals surface area contributed by atoms with E-state index in [0.717, 1.165) is 12.1 Å². The van der Waals surface area contributed by atoms with Gasteiger partial charge in [0.15, 0.2) is 0 Å². The summed E-state index contributed by atoms with van der Waals surface area (Å²) in [6.07, 6.45) is 1.20. The van der Waals surface area contributed by atoms with Gasteiger partial charge in [0.2, 0.25) is 5.76 Å². The van der Waals surface area contributed by atoms with E-state index >= 15 is 0 Å². The van der Waals surface area contributed by atoms with Gasteiger partial charge in [0.05, 0.1) is 11.8 Å². The molecule has 0 saturated heterocycles. The van der Waals surface area contributed by atoms with Crippen LogP contribution in [-0.4, -0.2) is 28.8 Å². The van der Waals surface area contributed by atoms with Crippen LogP contribution in [0.25, 0.3) is 0 Å². The van der Waals surface area contributed by atoms with E-state index in [4.69, 9.17) is 4.52 Å². The molecular weight excluding hydrogens is 256 g/mol. The molecule has 5 heteroatoms. The van der Waals surface area contributed by atoms with Gasteiger partial charge < -0.3 is 14.9 Å². The lowest BCUT2D eigenvalue weighted by molar-refractivity contribution is 0.0867. The molecule has 1 aromatic rings. The molecule has 1 rings (SSSR count). The van der Waals surface area contributed by atoms with Crippen LogP contribution in [0.2, 0.25) is 0 Å². The maximum Gasteiger partial charge on any atom is 0.289 e. The van der Waals surface area contributed by atoms with Crippen molar-refractivity contribution in [3.63, 3.8) is 0 Å². The molecule has 0 radical (unpaired) electrons. The highest BCUT2D eigenvalue weighted by Gasteiger charge is 2.23. The van der Waals surface area contributed by atoms with E-state index in [1.165, 1.54) is 0 Å². The van der Waals surface area contributed by atoms with Crippen LogP contribution in [0, 0.1) is 5.41 Å². The van der Waals surface area contributed by atoms with Crippen LogP contribution < -0.4 is 5.32 Å². The predicted octanol–water partition coefficient (Wildman–Crippen LogP) is 2.72. The van der Waals surface area contributed by atoms with Crippen molar-refractivity contribution in [3.8, 4) is 0 Å². The topological polar surface area (TPSA) is 75.4 Å². The molecule has 0 aliphatic rings. The summed E-state index contributed by atoms with van der Waals surface area (Å²) in [6, 6.07) is 1.70. The van der Waals surface area contributed by atoms with Gasteiger partial charge >= 0.3 is 0 Å². The van der Waals surface area contributed by atoms with Crippen LogP contribution in [-0.2, 0) is 0 Å². The molecule has 20 heavy (non-hydrogen) atoms. The Hall–Kier alpha value is -1.36. The molecule has 0 aromatic carbocycles. The number of aliphatic hydroxyl groups excluding tert-OH is 1. The van der Waals surface area contributed by atoms with Gasteiger partial charge in [-0.25, -0.2) is 0 Å². The number of rotatable bonds is 7. The minimum Gasteiger partial charge on any atom is -0.393 e. The van der Waals surface area contributed by atoms with Crippen molar-refractivity contribution in [3.05, 3.63) is 17.5 Å². The van der Waals surface area contributed by atoms with Crippen molar-refractivity contribution in [1.82, 2.24) is 10.5 Å². The minimum absolute atomic E-state index is 0.163. The second-order valence-electron chi connectivity index (χ2n) is 6.33. The SMILES string of the molecule is CCC(C)c1cc(C(=O)NCC(C)(C)CC(C)O)on1. The highest BCUT2D eigenvalue weighted by atomic mass is 16.5. The van der Waals surface area contributed by atoms with Gasteiger partial charge in [-0.2, -0.15) is 0 Å². The number of hydrogen-bond acceptors (Lipinski definition) is 4. The zero-order valence-corrected chi connectivity index (χ0v) is 13.1. The van der Waals surface area contributed by atoms with Crippen molar-refractivity contribution >= 4 is 5.91 Å². The monoisotopic (exact) mass is 282 g/mol. The van der Waals surface area contributed by atoms with Crippen LogP contribution in [0.4, 0.5) is 0 Å². The van der Waals surface area contributed by atoms with E-state index in [-0.39, 0.29) is 29.1 Å². The Labute approximate surface area is 120 Å². The first-order valence-corrected chi connectivity index (χ1v) is 7.18. The fourth-order valence-corrected chi connectivity index (χ4v) is 2.12. The third kappa shape index (κ3) is 4.96. The Bertz CT molecular complexity index is 438. The summed E-state index contributed by atoms with van der Waals surface area (Å²) in [6.45, 7) is 10.4. The molecule has 0 bridgehead atoms. The normalized spacial score (nSPS) is 14.9. The molecule has 0 aliphatic carbocycles. The van der Waals surface area contributed by atoms with E-state index in [2.05, 4.69) is 17.4 Å². The van der Waals surface area contributed by atoms with Gasteiger partial charge in [0.25, 0.3) is 5.91 Å². The Kier molecular flexibility index (Phi) is 5.74. The second-order valence-corrected chi connectivity index (χ2v) is 6.33. The van der Waals surface area contributed by atoms with Crippen molar-refractivity contribution in [2.75, 3.05) is 6.54 Å². The zero-order chi connectivity index (χ0) is 15.3. The van der Waals surface area contributed by atoms with Gasteiger partial charge in [-0.15, -0.1) is 0 Å². The number of nitrogens with one attached hydrogen (secondary N) is 1. The fraction of sp³-hybridized carbons (Fsp3) is 0.733. The lowest BCUT2D eigenvalue weighted by Crippen LogP contribution is -2.35. The number of amides is 1. The molecule has 1 aromatic heterocycles. The van der Waals surface area contributed by atoms with Crippen LogP contribution in [0.15, 0.2) is 10.6 Å². The molecule has 0 spiro atoms. The third-order valence-electron chi connectivity index (χ3n) is 3.44. The van der Waals surface area contributed by atoms with E-state index in [9.17, 15) is 9.90 Å². The van der Waals surface area contributed by atoms with Crippen LogP contribution in [0.3, 0.4) is 0 Å². The summed E-state index contributed by atoms with van der Waals surface area (Å²) in [7, 11) is 0. The number of carbonyl (C=O) groups excluding carboxylic acids is 1. The van der Waals surface area contributed by atoms with Crippen molar-refractivity contribution in [1.29, 1.82) is 0 Å². The summed E-state index contributed by atoms with van der Waals surface area (Å²) in [5.41, 5.74) is 0.643. The summed E-state index contributed by atoms with van der Waals surface area (Å²) in [5.74, 6) is 0.269. The summed E-state index contributed by atoms with van der Waals surface area (Å²) in [5, 5.41) is 16.2. The smallest absolute Gasteiger partial charge is 0.289 e. The largest absolute Gasteiger partial charge is 0.393 e. The van der Waals surface area contributed by atoms with Gasteiger partial charge in [-0.3, -0.25) is 4.79 Å². The minimum atomic E-state index is -0.385. The Morgan fingerprint density at radius 2 is 2.15 bits per heavy atom. The lowest BCUT2D eigenvalue weighted by atomic mass is 9.87. The Morgan fingerprint density at radius 3 is 2.70 bits per heavy atom. The van der Waals surface area contributed by atoms with E-state index in [0.29, 0.717) is 13.0 Å². The number of aromatic nitrogens is 1. The summed E-state index contributed by atoms with van der Waals surface area (Å²) < 4.78 is 5.08. The molecular formula is C15H26N2O3. The summed E-state index contributed by atoms with van der Waals surface area (Å²) >= 11 is 0. The van der Waals surface area contributed by atoms with Crippen LogP contribution in [0.5, 0.6) is 0 Å². The van der Waals surface area contributed by atoms with Gasteiger partial charge in [-0.05, 0) is 25.2 Å². The van der Waals surface area contributed by atoms with Gasteiger partial charge in [-0.1, -0.05) is 32.9 Å². The van der Waals surface area contributed by atoms with E-state index in [1.54, 1.807) is 13.0 Å². The lowest BCUT2D eigenvalue weighted by Gasteiger charge is -2.26. The highest BCUT2D eigenvalue weighted by Crippen LogP contribution is 2.22. The maximum absolute atomic E-state index is 12.0. The molecule has 0 saturated carbocycles. The zero-order valence-electron chi connectivity index (χ0n) is 13.1. The molecule has 2 atom stereocenters. The van der Waals surface area contributed by atoms with E-state index < -0.39 is 0 Å². The maximum atomic E-state index is 12.0. The molecule has 1 amide bonds. The number of nitrogens with zero attached hydrogens (tertiary/aromatic N) is 1. The van der Waals surface area contributed by atoms with Crippen molar-refractivity contribution in [2.24, 2.45) is 5.41 Å². The van der Waals surface area contributed by atoms with Crippen LogP contribution >= 0.6 is 0 Å². The molecule has 1 heterocycles. The third-order valence-corrected chi connectivity index (χ3v) is 3.44. The number of carbonyl (C=O) groups is 1. The van der Waals surface area contributed by atoms with Crippen molar-refractivity contribution in [2.45, 2.75) is 59.5 Å². The standard InChI is InChI=1S/C15H26N2O3/c1-6-10(2)12-7-13(20-17-12)14(19)16-9-15(4,5)8-11(3)18/h7,10-11,18H,6,8-9H2,1-5H3,(H,16,19). The first-order valence-electron chi connectivity index (χ1n) is 7.18. The first kappa shape index (κ1) is 16.7. The second kappa shape index (κ2) is 6.88. The highest BCUT2D eigenvalue weighted by molar-refractivity contribution is 5.91. The average Bonchev–Trinajstić information content (AvgIpc) is 2.83. The molecule has 0 aliphatic heterocycles.